The molecule has 2 aromatic rings. The minimum atomic E-state index is -0.121. The Morgan fingerprint density at radius 1 is 1.42 bits per heavy atom. The molecule has 0 aliphatic rings. The lowest BCUT2D eigenvalue weighted by Crippen LogP contribution is -2.24. The summed E-state index contributed by atoms with van der Waals surface area (Å²) in [5, 5.41) is 24.2. The zero-order valence-corrected chi connectivity index (χ0v) is 11.1. The van der Waals surface area contributed by atoms with Gasteiger partial charge in [-0.1, -0.05) is 0 Å². The van der Waals surface area contributed by atoms with Crippen LogP contribution < -0.4 is 5.32 Å². The van der Waals surface area contributed by atoms with Gasteiger partial charge >= 0.3 is 0 Å². The van der Waals surface area contributed by atoms with E-state index in [1.54, 1.807) is 0 Å². The number of nitrogens with one attached hydrogen (secondary N) is 1. The predicted molar refractivity (Wildman–Crippen MR) is 70.3 cm³/mol. The van der Waals surface area contributed by atoms with Gasteiger partial charge in [-0.15, -0.1) is 16.4 Å². The number of hydrogen-bond acceptors (Lipinski definition) is 6. The molecule has 7 nitrogen and oxygen atoms in total. The maximum absolute atomic E-state index is 12.0. The van der Waals surface area contributed by atoms with Gasteiger partial charge < -0.3 is 10.4 Å². The van der Waals surface area contributed by atoms with Crippen molar-refractivity contribution >= 4 is 17.2 Å². The number of aliphatic hydroxyl groups excluding tert-OH is 1. The monoisotopic (exact) mass is 281 g/mol. The van der Waals surface area contributed by atoms with Crippen LogP contribution in [0.5, 0.6) is 0 Å². The van der Waals surface area contributed by atoms with Gasteiger partial charge in [-0.2, -0.15) is 4.68 Å². The molecule has 0 saturated heterocycles. The lowest BCUT2D eigenvalue weighted by Gasteiger charge is -2.05. The molecule has 2 heterocycles. The van der Waals surface area contributed by atoms with Crippen LogP contribution in [-0.2, 0) is 0 Å². The zero-order valence-electron chi connectivity index (χ0n) is 10.3. The minimum Gasteiger partial charge on any atom is -0.396 e. The molecular formula is C11H15N5O2S. The van der Waals surface area contributed by atoms with Crippen LogP contribution in [0.15, 0.2) is 17.8 Å². The average molecular weight is 281 g/mol. The Morgan fingerprint density at radius 3 is 3.05 bits per heavy atom. The number of nitrogens with zero attached hydrogens (tertiary/aromatic N) is 4. The van der Waals surface area contributed by atoms with E-state index in [4.69, 9.17) is 5.11 Å². The number of amides is 1. The van der Waals surface area contributed by atoms with Crippen molar-refractivity contribution in [1.29, 1.82) is 0 Å². The van der Waals surface area contributed by atoms with E-state index in [0.29, 0.717) is 17.1 Å². The molecule has 8 heteroatoms. The van der Waals surface area contributed by atoms with Gasteiger partial charge in [0.25, 0.3) is 5.91 Å². The van der Waals surface area contributed by atoms with E-state index >= 15 is 0 Å². The van der Waals surface area contributed by atoms with Gasteiger partial charge in [0, 0.05) is 13.2 Å². The van der Waals surface area contributed by atoms with E-state index in [0.717, 1.165) is 19.3 Å². The first-order chi connectivity index (χ1) is 9.33. The fourth-order valence-electron chi connectivity index (χ4n) is 1.62. The summed E-state index contributed by atoms with van der Waals surface area (Å²) in [4.78, 5) is 12.6. The second kappa shape index (κ2) is 6.95. The van der Waals surface area contributed by atoms with E-state index in [9.17, 15) is 4.79 Å². The molecule has 2 aromatic heterocycles. The van der Waals surface area contributed by atoms with Crippen molar-refractivity contribution in [2.75, 3.05) is 13.2 Å². The normalized spacial score (nSPS) is 10.6. The van der Waals surface area contributed by atoms with Gasteiger partial charge in [0.05, 0.1) is 5.69 Å². The molecule has 0 fully saturated rings. The Kier molecular flexibility index (Phi) is 4.99. The Bertz CT molecular complexity index is 511. The number of hydrogen-bond donors (Lipinski definition) is 2. The van der Waals surface area contributed by atoms with Gasteiger partial charge in [-0.3, -0.25) is 4.79 Å². The first-order valence-electron chi connectivity index (χ1n) is 6.03. The largest absolute Gasteiger partial charge is 0.396 e. The topological polar surface area (TPSA) is 92.9 Å². The van der Waals surface area contributed by atoms with Gasteiger partial charge in [0.2, 0.25) is 0 Å². The highest BCUT2D eigenvalue weighted by molar-refractivity contribution is 7.12. The van der Waals surface area contributed by atoms with E-state index in [1.165, 1.54) is 22.3 Å². The molecule has 0 bridgehead atoms. The molecule has 0 saturated carbocycles. The first kappa shape index (κ1) is 13.6. The fourth-order valence-corrected chi connectivity index (χ4v) is 2.41. The zero-order chi connectivity index (χ0) is 13.5. The summed E-state index contributed by atoms with van der Waals surface area (Å²) in [6.45, 7) is 0.800. The van der Waals surface area contributed by atoms with Gasteiger partial charge in [0.1, 0.15) is 11.2 Å². The Hall–Kier alpha value is -1.80. The van der Waals surface area contributed by atoms with Crippen LogP contribution in [0.3, 0.4) is 0 Å². The van der Waals surface area contributed by atoms with E-state index < -0.39 is 0 Å². The molecule has 2 rings (SSSR count). The number of tetrazole rings is 1. The number of aliphatic hydroxyl groups is 1. The highest BCUT2D eigenvalue weighted by atomic mass is 32.1. The quantitative estimate of drug-likeness (QED) is 0.726. The third-order valence-corrected chi connectivity index (χ3v) is 3.47. The minimum absolute atomic E-state index is 0.121. The molecule has 0 aliphatic carbocycles. The Labute approximate surface area is 114 Å². The van der Waals surface area contributed by atoms with E-state index in [-0.39, 0.29) is 12.5 Å². The van der Waals surface area contributed by atoms with Crippen molar-refractivity contribution in [1.82, 2.24) is 25.5 Å². The second-order valence-corrected chi connectivity index (χ2v) is 4.85. The number of aromatic nitrogens is 4. The molecule has 0 radical (unpaired) electrons. The van der Waals surface area contributed by atoms with Crippen molar-refractivity contribution in [3.8, 4) is 5.69 Å². The molecular weight excluding hydrogens is 266 g/mol. The first-order valence-corrected chi connectivity index (χ1v) is 6.91. The summed E-state index contributed by atoms with van der Waals surface area (Å²) >= 11 is 1.36. The summed E-state index contributed by atoms with van der Waals surface area (Å²) < 4.78 is 1.47. The van der Waals surface area contributed by atoms with Gasteiger partial charge in [-0.05, 0) is 41.1 Å². The smallest absolute Gasteiger partial charge is 0.263 e. The number of unbranched alkanes of at least 4 members (excludes halogenated alkanes) is 2. The number of carbonyl (C=O) groups is 1. The Balaban J connectivity index is 1.91. The summed E-state index contributed by atoms with van der Waals surface area (Å²) in [5.74, 6) is -0.121. The summed E-state index contributed by atoms with van der Waals surface area (Å²) in [6.07, 6.45) is 3.99. The molecule has 19 heavy (non-hydrogen) atoms. The SMILES string of the molecule is O=C(NCCCCCO)c1sccc1-n1cnnn1. The molecule has 1 amide bonds. The van der Waals surface area contributed by atoms with Crippen LogP contribution in [-0.4, -0.2) is 44.4 Å². The molecule has 0 unspecified atom stereocenters. The second-order valence-electron chi connectivity index (χ2n) is 3.93. The van der Waals surface area contributed by atoms with Crippen LogP contribution in [0.2, 0.25) is 0 Å². The summed E-state index contributed by atoms with van der Waals surface area (Å²) in [6, 6.07) is 1.81. The summed E-state index contributed by atoms with van der Waals surface area (Å²) in [7, 11) is 0. The highest BCUT2D eigenvalue weighted by Gasteiger charge is 2.14. The van der Waals surface area contributed by atoms with Crippen LogP contribution in [0.4, 0.5) is 0 Å². The van der Waals surface area contributed by atoms with Crippen LogP contribution in [0.1, 0.15) is 28.9 Å². The molecule has 0 atom stereocenters. The maximum Gasteiger partial charge on any atom is 0.263 e. The van der Waals surface area contributed by atoms with Gasteiger partial charge in [0.15, 0.2) is 0 Å². The van der Waals surface area contributed by atoms with E-state index in [1.807, 2.05) is 11.4 Å². The fraction of sp³-hybridized carbons (Fsp3) is 0.455. The number of rotatable bonds is 7. The Morgan fingerprint density at radius 2 is 2.32 bits per heavy atom. The average Bonchev–Trinajstić information content (AvgIpc) is 3.08. The molecule has 0 aliphatic heterocycles. The third-order valence-electron chi connectivity index (χ3n) is 2.57. The lowest BCUT2D eigenvalue weighted by atomic mass is 10.2. The highest BCUT2D eigenvalue weighted by Crippen LogP contribution is 2.19. The summed E-state index contributed by atoms with van der Waals surface area (Å²) in [5.41, 5.74) is 0.683. The molecule has 0 spiro atoms. The standard InChI is InChI=1S/C11H15N5O2S/c17-6-3-1-2-5-12-11(18)10-9(4-7-19-10)16-8-13-14-15-16/h4,7-8,17H,1-3,5-6H2,(H,12,18). The molecule has 102 valence electrons. The molecule has 0 aromatic carbocycles. The lowest BCUT2D eigenvalue weighted by molar-refractivity contribution is 0.0957. The van der Waals surface area contributed by atoms with E-state index in [2.05, 4.69) is 20.8 Å². The maximum atomic E-state index is 12.0. The van der Waals surface area contributed by atoms with Crippen molar-refractivity contribution in [3.05, 3.63) is 22.7 Å². The van der Waals surface area contributed by atoms with Gasteiger partial charge in [-0.25, -0.2) is 0 Å². The van der Waals surface area contributed by atoms with Crippen molar-refractivity contribution in [3.63, 3.8) is 0 Å². The van der Waals surface area contributed by atoms with Crippen molar-refractivity contribution < 1.29 is 9.90 Å². The molecule has 2 N–H and O–H groups in total. The third kappa shape index (κ3) is 3.58. The number of thiophene rings is 1. The van der Waals surface area contributed by atoms with Crippen LogP contribution >= 0.6 is 11.3 Å². The van der Waals surface area contributed by atoms with Crippen LogP contribution in [0.25, 0.3) is 5.69 Å². The predicted octanol–water partition coefficient (Wildman–Crippen LogP) is 0.616. The van der Waals surface area contributed by atoms with Crippen molar-refractivity contribution in [2.45, 2.75) is 19.3 Å². The van der Waals surface area contributed by atoms with Crippen LogP contribution in [0, 0.1) is 0 Å². The van der Waals surface area contributed by atoms with Crippen molar-refractivity contribution in [2.24, 2.45) is 0 Å². The number of carbonyl (C=O) groups excluding carboxylic acids is 1.